The van der Waals surface area contributed by atoms with E-state index in [0.29, 0.717) is 45.9 Å². The standard InChI is InChI=1S/C34H37NO5/c36-34(37)35-19-18-32(33(23-35)40-25-27-12-13-28-10-4-5-11-30(28)22-27)29-14-16-31(17-15-29)39-21-7-6-20-38-24-26-8-2-1-3-9-26/h1-5,8-17,22,32-33H,6-7,18-21,23-25H2,(H,36,37)/p-1. The molecule has 1 aliphatic rings. The first kappa shape index (κ1) is 27.7. The molecular weight excluding hydrogens is 502 g/mol. The number of carbonyl (C=O) groups is 1. The summed E-state index contributed by atoms with van der Waals surface area (Å²) in [7, 11) is 0. The Morgan fingerprint density at radius 2 is 1.55 bits per heavy atom. The zero-order valence-corrected chi connectivity index (χ0v) is 22.7. The van der Waals surface area contributed by atoms with Crippen LogP contribution in [0, 0.1) is 0 Å². The van der Waals surface area contributed by atoms with Crippen LogP contribution in [0.25, 0.3) is 10.8 Å². The van der Waals surface area contributed by atoms with Crippen molar-refractivity contribution in [3.05, 3.63) is 114 Å². The maximum absolute atomic E-state index is 11.6. The first-order chi connectivity index (χ1) is 19.7. The number of benzene rings is 4. The molecule has 4 aromatic carbocycles. The maximum Gasteiger partial charge on any atom is 0.137 e. The molecule has 208 valence electrons. The van der Waals surface area contributed by atoms with Crippen molar-refractivity contribution in [3.8, 4) is 5.75 Å². The number of rotatable bonds is 12. The van der Waals surface area contributed by atoms with Crippen LogP contribution in [0.4, 0.5) is 4.79 Å². The van der Waals surface area contributed by atoms with Gasteiger partial charge in [-0.25, -0.2) is 0 Å². The number of hydrogen-bond acceptors (Lipinski definition) is 5. The second-order valence-corrected chi connectivity index (χ2v) is 10.3. The van der Waals surface area contributed by atoms with Gasteiger partial charge in [-0.3, -0.25) is 0 Å². The van der Waals surface area contributed by atoms with Crippen LogP contribution in [0.15, 0.2) is 97.1 Å². The normalized spacial score (nSPS) is 17.1. The van der Waals surface area contributed by atoms with E-state index >= 15 is 0 Å². The molecule has 0 bridgehead atoms. The van der Waals surface area contributed by atoms with E-state index in [4.69, 9.17) is 14.2 Å². The minimum absolute atomic E-state index is 0.0897. The average Bonchev–Trinajstić information content (AvgIpc) is 3.00. The summed E-state index contributed by atoms with van der Waals surface area (Å²) < 4.78 is 18.1. The van der Waals surface area contributed by atoms with Gasteiger partial charge in [0.15, 0.2) is 0 Å². The second kappa shape index (κ2) is 14.0. The quantitative estimate of drug-likeness (QED) is 0.209. The number of amides is 1. The van der Waals surface area contributed by atoms with Crippen molar-refractivity contribution in [2.75, 3.05) is 26.3 Å². The minimum atomic E-state index is -1.15. The monoisotopic (exact) mass is 538 g/mol. The predicted molar refractivity (Wildman–Crippen MR) is 154 cm³/mol. The molecule has 0 spiro atoms. The van der Waals surface area contributed by atoms with Gasteiger partial charge >= 0.3 is 0 Å². The van der Waals surface area contributed by atoms with Crippen LogP contribution in [0.1, 0.15) is 41.9 Å². The van der Waals surface area contributed by atoms with Crippen LogP contribution < -0.4 is 9.84 Å². The van der Waals surface area contributed by atoms with Crippen molar-refractivity contribution in [1.29, 1.82) is 0 Å². The largest absolute Gasteiger partial charge is 0.530 e. The van der Waals surface area contributed by atoms with Gasteiger partial charge in [-0.15, -0.1) is 0 Å². The van der Waals surface area contributed by atoms with E-state index in [-0.39, 0.29) is 12.0 Å². The number of carbonyl (C=O) groups excluding carboxylic acids is 1. The van der Waals surface area contributed by atoms with E-state index in [1.807, 2.05) is 42.5 Å². The molecule has 2 unspecified atom stereocenters. The summed E-state index contributed by atoms with van der Waals surface area (Å²) in [5, 5.41) is 13.9. The van der Waals surface area contributed by atoms with Gasteiger partial charge in [0.05, 0.1) is 25.9 Å². The van der Waals surface area contributed by atoms with Gasteiger partial charge in [-0.1, -0.05) is 78.9 Å². The maximum atomic E-state index is 11.6. The molecule has 0 saturated carbocycles. The lowest BCUT2D eigenvalue weighted by molar-refractivity contribution is -0.268. The van der Waals surface area contributed by atoms with E-state index in [1.165, 1.54) is 15.8 Å². The Labute approximate surface area is 236 Å². The third kappa shape index (κ3) is 7.62. The Morgan fingerprint density at radius 1 is 0.800 bits per heavy atom. The molecule has 40 heavy (non-hydrogen) atoms. The molecule has 5 rings (SSSR count). The molecule has 1 fully saturated rings. The highest BCUT2D eigenvalue weighted by molar-refractivity contribution is 5.82. The summed E-state index contributed by atoms with van der Waals surface area (Å²) in [6.45, 7) is 3.14. The molecule has 0 aliphatic carbocycles. The van der Waals surface area contributed by atoms with Crippen LogP contribution in [0.2, 0.25) is 0 Å². The summed E-state index contributed by atoms with van der Waals surface area (Å²) >= 11 is 0. The minimum Gasteiger partial charge on any atom is -0.530 e. The topological polar surface area (TPSA) is 71.1 Å². The van der Waals surface area contributed by atoms with Gasteiger partial charge in [-0.05, 0) is 64.9 Å². The van der Waals surface area contributed by atoms with E-state index in [2.05, 4.69) is 54.6 Å². The summed E-state index contributed by atoms with van der Waals surface area (Å²) in [4.78, 5) is 12.9. The highest BCUT2D eigenvalue weighted by atomic mass is 16.5. The number of unbranched alkanes of at least 4 members (excludes halogenated alkanes) is 1. The lowest BCUT2D eigenvalue weighted by Gasteiger charge is -2.40. The highest BCUT2D eigenvalue weighted by Crippen LogP contribution is 2.32. The molecule has 6 heteroatoms. The Bertz CT molecular complexity index is 1360. The fraction of sp³-hybridized carbons (Fsp3) is 0.324. The number of ether oxygens (including phenoxy) is 3. The van der Waals surface area contributed by atoms with Crippen LogP contribution >= 0.6 is 0 Å². The third-order valence-corrected chi connectivity index (χ3v) is 7.47. The number of piperidine rings is 1. The molecule has 1 aliphatic heterocycles. The number of carboxylic acid groups (broad SMARTS) is 1. The van der Waals surface area contributed by atoms with Crippen molar-refractivity contribution in [2.24, 2.45) is 0 Å². The smallest absolute Gasteiger partial charge is 0.137 e. The Kier molecular flexibility index (Phi) is 9.67. The molecule has 1 saturated heterocycles. The van der Waals surface area contributed by atoms with E-state index in [9.17, 15) is 9.90 Å². The van der Waals surface area contributed by atoms with Gasteiger partial charge in [-0.2, -0.15) is 0 Å². The van der Waals surface area contributed by atoms with Crippen LogP contribution in [-0.2, 0) is 22.7 Å². The Hall–Kier alpha value is -3.87. The van der Waals surface area contributed by atoms with Crippen molar-refractivity contribution < 1.29 is 24.1 Å². The third-order valence-electron chi connectivity index (χ3n) is 7.47. The molecule has 0 radical (unpaired) electrons. The fourth-order valence-electron chi connectivity index (χ4n) is 5.24. The zero-order valence-electron chi connectivity index (χ0n) is 22.7. The van der Waals surface area contributed by atoms with Gasteiger partial charge in [0.25, 0.3) is 0 Å². The summed E-state index contributed by atoms with van der Waals surface area (Å²) in [5.74, 6) is 0.918. The number of likely N-dealkylation sites (tertiary alicyclic amines) is 1. The zero-order chi connectivity index (χ0) is 27.6. The SMILES string of the molecule is O=C([O-])N1CCC(c2ccc(OCCCCOCc3ccccc3)cc2)C(OCc2ccc3ccccc3c2)C1. The van der Waals surface area contributed by atoms with Crippen molar-refractivity contribution in [2.45, 2.75) is 44.5 Å². The van der Waals surface area contributed by atoms with E-state index < -0.39 is 6.09 Å². The molecule has 0 aromatic heterocycles. The Morgan fingerprint density at radius 3 is 2.35 bits per heavy atom. The lowest BCUT2D eigenvalue weighted by Crippen LogP contribution is -2.51. The molecular formula is C34H36NO5-. The summed E-state index contributed by atoms with van der Waals surface area (Å²) in [6, 6.07) is 32.8. The lowest BCUT2D eigenvalue weighted by atomic mass is 9.87. The van der Waals surface area contributed by atoms with Gasteiger partial charge in [0, 0.05) is 25.6 Å². The number of hydrogen-bond donors (Lipinski definition) is 0. The molecule has 0 N–H and O–H groups in total. The first-order valence-corrected chi connectivity index (χ1v) is 14.1. The van der Waals surface area contributed by atoms with Crippen LogP contribution in [0.5, 0.6) is 5.75 Å². The number of fused-ring (bicyclic) bond motifs is 1. The van der Waals surface area contributed by atoms with Crippen molar-refractivity contribution in [1.82, 2.24) is 4.90 Å². The van der Waals surface area contributed by atoms with Crippen LogP contribution in [0.3, 0.4) is 0 Å². The van der Waals surface area contributed by atoms with Crippen LogP contribution in [-0.4, -0.2) is 43.4 Å². The summed E-state index contributed by atoms with van der Waals surface area (Å²) in [6.07, 6.45) is 1.13. The van der Waals surface area contributed by atoms with E-state index in [1.54, 1.807) is 0 Å². The predicted octanol–water partition coefficient (Wildman–Crippen LogP) is 5.93. The second-order valence-electron chi connectivity index (χ2n) is 10.3. The molecule has 1 amide bonds. The average molecular weight is 539 g/mol. The molecule has 4 aromatic rings. The fourth-order valence-corrected chi connectivity index (χ4v) is 5.24. The molecule has 6 nitrogen and oxygen atoms in total. The number of nitrogens with zero attached hydrogens (tertiary/aromatic N) is 1. The molecule has 1 heterocycles. The first-order valence-electron chi connectivity index (χ1n) is 14.1. The Balaban J connectivity index is 1.11. The highest BCUT2D eigenvalue weighted by Gasteiger charge is 2.31. The van der Waals surface area contributed by atoms with Gasteiger partial charge in [0.2, 0.25) is 0 Å². The van der Waals surface area contributed by atoms with Gasteiger partial charge < -0.3 is 29.0 Å². The molecule has 2 atom stereocenters. The van der Waals surface area contributed by atoms with Crippen molar-refractivity contribution >= 4 is 16.9 Å². The van der Waals surface area contributed by atoms with Crippen molar-refractivity contribution in [3.63, 3.8) is 0 Å². The summed E-state index contributed by atoms with van der Waals surface area (Å²) in [5.41, 5.74) is 3.38. The van der Waals surface area contributed by atoms with Gasteiger partial charge in [0.1, 0.15) is 11.8 Å². The van der Waals surface area contributed by atoms with E-state index in [0.717, 1.165) is 35.1 Å².